The van der Waals surface area contributed by atoms with Crippen LogP contribution in [0.3, 0.4) is 0 Å². The van der Waals surface area contributed by atoms with E-state index in [4.69, 9.17) is 0 Å². The summed E-state index contributed by atoms with van der Waals surface area (Å²) in [7, 11) is -4.12. The van der Waals surface area contributed by atoms with Gasteiger partial charge >= 0.3 is 0 Å². The summed E-state index contributed by atoms with van der Waals surface area (Å²) in [6.07, 6.45) is 0. The minimum atomic E-state index is -4.12. The van der Waals surface area contributed by atoms with Gasteiger partial charge < -0.3 is 4.90 Å². The van der Waals surface area contributed by atoms with E-state index in [0.29, 0.717) is 17.8 Å². The van der Waals surface area contributed by atoms with Crippen molar-refractivity contribution in [2.75, 3.05) is 16.2 Å². The second kappa shape index (κ2) is 6.05. The van der Waals surface area contributed by atoms with Crippen LogP contribution in [0.5, 0.6) is 0 Å². The molecule has 1 aliphatic heterocycles. The predicted molar refractivity (Wildman–Crippen MR) is 94.7 cm³/mol. The van der Waals surface area contributed by atoms with Crippen molar-refractivity contribution in [1.82, 2.24) is 0 Å². The lowest BCUT2D eigenvalue weighted by atomic mass is 9.87. The fourth-order valence-electron chi connectivity index (χ4n) is 3.09. The molecular formula is C18H18F2N2O3S. The first-order valence-corrected chi connectivity index (χ1v) is 9.40. The van der Waals surface area contributed by atoms with Gasteiger partial charge in [-0.05, 0) is 35.9 Å². The maximum atomic E-state index is 13.8. The van der Waals surface area contributed by atoms with Crippen molar-refractivity contribution >= 4 is 27.3 Å². The molecule has 26 heavy (non-hydrogen) atoms. The zero-order valence-corrected chi connectivity index (χ0v) is 15.3. The smallest absolute Gasteiger partial charge is 0.262 e. The highest BCUT2D eigenvalue weighted by Crippen LogP contribution is 2.41. The van der Waals surface area contributed by atoms with Gasteiger partial charge in [0.05, 0.1) is 10.6 Å². The first kappa shape index (κ1) is 18.3. The van der Waals surface area contributed by atoms with Gasteiger partial charge in [0.2, 0.25) is 5.91 Å². The number of hydrogen-bond acceptors (Lipinski definition) is 3. The summed E-state index contributed by atoms with van der Waals surface area (Å²) >= 11 is 0. The van der Waals surface area contributed by atoms with Crippen LogP contribution in [-0.4, -0.2) is 20.9 Å². The zero-order chi connectivity index (χ0) is 19.3. The molecule has 1 amide bonds. The lowest BCUT2D eigenvalue weighted by Crippen LogP contribution is -2.31. The Morgan fingerprint density at radius 3 is 2.50 bits per heavy atom. The van der Waals surface area contributed by atoms with Crippen LogP contribution >= 0.6 is 0 Å². The topological polar surface area (TPSA) is 66.5 Å². The Hall–Kier alpha value is -2.48. The molecular weight excluding hydrogens is 362 g/mol. The van der Waals surface area contributed by atoms with Gasteiger partial charge in [-0.2, -0.15) is 0 Å². The van der Waals surface area contributed by atoms with Crippen LogP contribution in [0.15, 0.2) is 41.3 Å². The number of carbonyl (C=O) groups excluding carboxylic acids is 1. The van der Waals surface area contributed by atoms with Crippen molar-refractivity contribution in [2.24, 2.45) is 0 Å². The summed E-state index contributed by atoms with van der Waals surface area (Å²) < 4.78 is 54.3. The molecule has 1 aliphatic rings. The number of fused-ring (bicyclic) bond motifs is 1. The van der Waals surface area contributed by atoms with E-state index in [0.717, 1.165) is 18.2 Å². The molecule has 0 spiro atoms. The van der Waals surface area contributed by atoms with E-state index in [9.17, 15) is 22.0 Å². The maximum Gasteiger partial charge on any atom is 0.262 e. The molecule has 0 aromatic heterocycles. The molecule has 0 saturated heterocycles. The van der Waals surface area contributed by atoms with Gasteiger partial charge in [-0.25, -0.2) is 17.2 Å². The number of benzene rings is 2. The Labute approximate surface area is 150 Å². The van der Waals surface area contributed by atoms with Crippen molar-refractivity contribution in [3.05, 3.63) is 53.6 Å². The van der Waals surface area contributed by atoms with Gasteiger partial charge in [0.1, 0.15) is 11.6 Å². The highest BCUT2D eigenvalue weighted by atomic mass is 32.2. The summed E-state index contributed by atoms with van der Waals surface area (Å²) in [6, 6.07) is 6.91. The first-order chi connectivity index (χ1) is 12.0. The van der Waals surface area contributed by atoms with Crippen LogP contribution in [0.4, 0.5) is 20.2 Å². The summed E-state index contributed by atoms with van der Waals surface area (Å²) in [6.45, 7) is 5.70. The van der Waals surface area contributed by atoms with Gasteiger partial charge in [-0.3, -0.25) is 9.52 Å². The van der Waals surface area contributed by atoms with E-state index in [1.807, 2.05) is 13.8 Å². The standard InChI is InChI=1S/C18H18F2N2O3S/c1-11(23)22-10-18(2,3)14-9-13(5-7-17(14)22)26(24,25)21-16-8-12(19)4-6-15(16)20/h4-9,21H,10H2,1-3H3. The minimum absolute atomic E-state index is 0.0848. The fraction of sp³-hybridized carbons (Fsp3) is 0.278. The Balaban J connectivity index is 2.02. The van der Waals surface area contributed by atoms with E-state index in [1.165, 1.54) is 19.1 Å². The van der Waals surface area contributed by atoms with Gasteiger partial charge in [0.15, 0.2) is 0 Å². The van der Waals surface area contributed by atoms with Crippen LogP contribution in [0.2, 0.25) is 0 Å². The highest BCUT2D eigenvalue weighted by Gasteiger charge is 2.37. The van der Waals surface area contributed by atoms with E-state index >= 15 is 0 Å². The van der Waals surface area contributed by atoms with Crippen LogP contribution in [0.1, 0.15) is 26.3 Å². The second-order valence-corrected chi connectivity index (χ2v) is 8.58. The molecule has 5 nitrogen and oxygen atoms in total. The third-order valence-electron chi connectivity index (χ3n) is 4.40. The average molecular weight is 380 g/mol. The number of hydrogen-bond donors (Lipinski definition) is 1. The average Bonchev–Trinajstić information content (AvgIpc) is 2.82. The van der Waals surface area contributed by atoms with E-state index < -0.39 is 32.8 Å². The van der Waals surface area contributed by atoms with Crippen molar-refractivity contribution in [3.63, 3.8) is 0 Å². The number of nitrogens with zero attached hydrogens (tertiary/aromatic N) is 1. The van der Waals surface area contributed by atoms with Crippen LogP contribution < -0.4 is 9.62 Å². The van der Waals surface area contributed by atoms with Crippen LogP contribution in [0.25, 0.3) is 0 Å². The first-order valence-electron chi connectivity index (χ1n) is 7.92. The molecule has 2 aromatic rings. The Kier molecular flexibility index (Phi) is 4.26. The Morgan fingerprint density at radius 1 is 1.15 bits per heavy atom. The minimum Gasteiger partial charge on any atom is -0.311 e. The number of nitrogens with one attached hydrogen (secondary N) is 1. The monoisotopic (exact) mass is 380 g/mol. The SMILES string of the molecule is CC(=O)N1CC(C)(C)c2cc(S(=O)(=O)Nc3cc(F)ccc3F)ccc21. The fourth-order valence-corrected chi connectivity index (χ4v) is 4.17. The highest BCUT2D eigenvalue weighted by molar-refractivity contribution is 7.92. The van der Waals surface area contributed by atoms with E-state index in [-0.39, 0.29) is 10.8 Å². The molecule has 0 bridgehead atoms. The summed E-state index contributed by atoms with van der Waals surface area (Å²) in [5.74, 6) is -1.76. The Bertz CT molecular complexity index is 1000. The molecule has 0 unspecified atom stereocenters. The number of anilines is 2. The number of sulfonamides is 1. The quantitative estimate of drug-likeness (QED) is 0.887. The maximum absolute atomic E-state index is 13.8. The van der Waals surface area contributed by atoms with E-state index in [2.05, 4.69) is 4.72 Å². The summed E-state index contributed by atoms with van der Waals surface area (Å²) in [5, 5.41) is 0. The molecule has 0 atom stereocenters. The number of amides is 1. The van der Waals surface area contributed by atoms with E-state index in [1.54, 1.807) is 11.0 Å². The molecule has 0 radical (unpaired) electrons. The third kappa shape index (κ3) is 3.16. The van der Waals surface area contributed by atoms with Gasteiger partial charge in [-0.15, -0.1) is 0 Å². The van der Waals surface area contributed by atoms with Crippen LogP contribution in [0, 0.1) is 11.6 Å². The van der Waals surface area contributed by atoms with Crippen LogP contribution in [-0.2, 0) is 20.2 Å². The molecule has 0 aliphatic carbocycles. The largest absolute Gasteiger partial charge is 0.311 e. The van der Waals surface area contributed by atoms with Gasteiger partial charge in [0, 0.05) is 30.6 Å². The van der Waals surface area contributed by atoms with Crippen molar-refractivity contribution in [2.45, 2.75) is 31.1 Å². The normalized spacial score (nSPS) is 15.7. The number of halogens is 2. The third-order valence-corrected chi connectivity index (χ3v) is 5.77. The van der Waals surface area contributed by atoms with Crippen molar-refractivity contribution in [3.8, 4) is 0 Å². The lowest BCUT2D eigenvalue weighted by molar-refractivity contribution is -0.116. The number of rotatable bonds is 3. The lowest BCUT2D eigenvalue weighted by Gasteiger charge is -2.19. The van der Waals surface area contributed by atoms with Crippen molar-refractivity contribution < 1.29 is 22.0 Å². The molecule has 138 valence electrons. The molecule has 0 saturated carbocycles. The van der Waals surface area contributed by atoms with Gasteiger partial charge in [-0.1, -0.05) is 13.8 Å². The second-order valence-electron chi connectivity index (χ2n) is 6.90. The molecule has 1 N–H and O–H groups in total. The molecule has 0 fully saturated rings. The zero-order valence-electron chi connectivity index (χ0n) is 14.5. The summed E-state index contributed by atoms with van der Waals surface area (Å²) in [4.78, 5) is 13.3. The Morgan fingerprint density at radius 2 is 1.85 bits per heavy atom. The summed E-state index contributed by atoms with van der Waals surface area (Å²) in [5.41, 5.74) is 0.459. The molecule has 8 heteroatoms. The molecule has 1 heterocycles. The molecule has 2 aromatic carbocycles. The van der Waals surface area contributed by atoms with Crippen molar-refractivity contribution in [1.29, 1.82) is 0 Å². The number of carbonyl (C=O) groups is 1. The predicted octanol–water partition coefficient (Wildman–Crippen LogP) is 3.41. The molecule has 3 rings (SSSR count). The van der Waals surface area contributed by atoms with Gasteiger partial charge in [0.25, 0.3) is 10.0 Å².